The minimum atomic E-state index is -0.776. The molecule has 1 aromatic heterocycles. The monoisotopic (exact) mass is 479 g/mol. The maximum atomic E-state index is 12.3. The van der Waals surface area contributed by atoms with Gasteiger partial charge in [0.15, 0.2) is 0 Å². The highest BCUT2D eigenvalue weighted by Crippen LogP contribution is 2.33. The van der Waals surface area contributed by atoms with Crippen LogP contribution in [0.1, 0.15) is 60.5 Å². The van der Waals surface area contributed by atoms with Gasteiger partial charge in [-0.3, -0.25) is 9.69 Å². The second-order valence-electron chi connectivity index (χ2n) is 10.1. The summed E-state index contributed by atoms with van der Waals surface area (Å²) in [6.07, 6.45) is 7.85. The molecular weight excluding hydrogens is 438 g/mol. The standard InChI is InChI=1S/C28H41N5O2/c1-20-9-7-12-24(25(20)29-2)26(28(34)35)33-18-15-23(19-33)32(3)17-6-4-5-11-22-14-13-21-10-8-16-30-27(21)31-22/h7,9,12-14,23,26,29H,4-6,8,10-11,15-19H2,1-3H3,(H,30,31)(H,34,35). The smallest absolute Gasteiger partial charge is 0.325 e. The molecule has 7 heteroatoms. The van der Waals surface area contributed by atoms with Crippen molar-refractivity contribution in [1.29, 1.82) is 0 Å². The number of fused-ring (bicyclic) bond motifs is 1. The third-order valence-corrected chi connectivity index (χ3v) is 7.66. The van der Waals surface area contributed by atoms with E-state index in [-0.39, 0.29) is 0 Å². The van der Waals surface area contributed by atoms with Crippen molar-refractivity contribution in [2.24, 2.45) is 0 Å². The zero-order valence-electron chi connectivity index (χ0n) is 21.5. The van der Waals surface area contributed by atoms with E-state index in [2.05, 4.69) is 39.6 Å². The van der Waals surface area contributed by atoms with Gasteiger partial charge in [-0.15, -0.1) is 0 Å². The molecule has 0 bridgehead atoms. The largest absolute Gasteiger partial charge is 0.480 e. The number of aromatic nitrogens is 1. The Balaban J connectivity index is 1.24. The number of anilines is 2. The minimum Gasteiger partial charge on any atom is -0.480 e. The van der Waals surface area contributed by atoms with Gasteiger partial charge in [0.25, 0.3) is 0 Å². The van der Waals surface area contributed by atoms with E-state index in [9.17, 15) is 9.90 Å². The van der Waals surface area contributed by atoms with Gasteiger partial charge in [0, 0.05) is 49.7 Å². The van der Waals surface area contributed by atoms with Gasteiger partial charge in [0.2, 0.25) is 0 Å². The molecule has 2 atom stereocenters. The number of aryl methyl sites for hydroxylation is 3. The first-order valence-electron chi connectivity index (χ1n) is 13.1. The van der Waals surface area contributed by atoms with Crippen LogP contribution in [0.25, 0.3) is 0 Å². The number of aliphatic carboxylic acids is 1. The molecule has 35 heavy (non-hydrogen) atoms. The van der Waals surface area contributed by atoms with Crippen LogP contribution in [0.3, 0.4) is 0 Å². The van der Waals surface area contributed by atoms with Gasteiger partial charge >= 0.3 is 5.97 Å². The number of hydrogen-bond acceptors (Lipinski definition) is 6. The molecule has 7 nitrogen and oxygen atoms in total. The summed E-state index contributed by atoms with van der Waals surface area (Å²) in [7, 11) is 4.05. The molecule has 0 radical (unpaired) electrons. The Bertz CT molecular complexity index is 1010. The SMILES string of the molecule is CNc1c(C)cccc1C(C(=O)O)N1CCC(N(C)CCCCCc2ccc3c(n2)NCCC3)C1. The molecule has 3 N–H and O–H groups in total. The Hall–Kier alpha value is -2.64. The topological polar surface area (TPSA) is 80.7 Å². The normalized spacial score (nSPS) is 18.8. The predicted molar refractivity (Wildman–Crippen MR) is 142 cm³/mol. The van der Waals surface area contributed by atoms with Gasteiger partial charge < -0.3 is 20.6 Å². The first kappa shape index (κ1) is 25.5. The molecular formula is C28H41N5O2. The summed E-state index contributed by atoms with van der Waals surface area (Å²) in [6.45, 7) is 5.69. The number of pyridine rings is 1. The number of likely N-dealkylation sites (N-methyl/N-ethyl adjacent to an activating group) is 1. The average Bonchev–Trinajstić information content (AvgIpc) is 3.33. The Kier molecular flexibility index (Phi) is 8.63. The summed E-state index contributed by atoms with van der Waals surface area (Å²) in [5, 5.41) is 16.7. The van der Waals surface area contributed by atoms with E-state index in [0.717, 1.165) is 80.9 Å². The highest BCUT2D eigenvalue weighted by molar-refractivity contribution is 5.79. The minimum absolute atomic E-state index is 0.396. The maximum Gasteiger partial charge on any atom is 0.325 e. The molecule has 0 saturated carbocycles. The molecule has 2 aromatic rings. The van der Waals surface area contributed by atoms with Gasteiger partial charge in [-0.05, 0) is 76.2 Å². The molecule has 1 saturated heterocycles. The summed E-state index contributed by atoms with van der Waals surface area (Å²) < 4.78 is 0. The molecule has 2 aliphatic heterocycles. The lowest BCUT2D eigenvalue weighted by molar-refractivity contribution is -0.143. The number of likely N-dealkylation sites (tertiary alicyclic amines) is 1. The van der Waals surface area contributed by atoms with Crippen LogP contribution in [-0.4, -0.2) is 72.2 Å². The number of nitrogens with one attached hydrogen (secondary N) is 2. The molecule has 190 valence electrons. The van der Waals surface area contributed by atoms with Crippen molar-refractivity contribution in [3.8, 4) is 0 Å². The van der Waals surface area contributed by atoms with E-state index in [1.165, 1.54) is 24.1 Å². The first-order chi connectivity index (χ1) is 17.0. The van der Waals surface area contributed by atoms with E-state index in [0.29, 0.717) is 6.04 Å². The van der Waals surface area contributed by atoms with Crippen LogP contribution in [0.4, 0.5) is 11.5 Å². The fourth-order valence-electron chi connectivity index (χ4n) is 5.64. The summed E-state index contributed by atoms with van der Waals surface area (Å²) >= 11 is 0. The number of rotatable bonds is 11. The average molecular weight is 480 g/mol. The van der Waals surface area contributed by atoms with Crippen molar-refractivity contribution in [3.05, 3.63) is 52.7 Å². The molecule has 0 aliphatic carbocycles. The lowest BCUT2D eigenvalue weighted by Gasteiger charge is -2.29. The van der Waals surface area contributed by atoms with Gasteiger partial charge in [-0.1, -0.05) is 30.7 Å². The number of carbonyl (C=O) groups is 1. The fraction of sp³-hybridized carbons (Fsp3) is 0.571. The summed E-state index contributed by atoms with van der Waals surface area (Å²) in [6, 6.07) is 10.1. The van der Waals surface area contributed by atoms with Crippen LogP contribution < -0.4 is 10.6 Å². The van der Waals surface area contributed by atoms with Crippen molar-refractivity contribution < 1.29 is 9.90 Å². The van der Waals surface area contributed by atoms with E-state index < -0.39 is 12.0 Å². The quantitative estimate of drug-likeness (QED) is 0.414. The van der Waals surface area contributed by atoms with Crippen molar-refractivity contribution in [2.75, 3.05) is 50.9 Å². The van der Waals surface area contributed by atoms with Gasteiger partial charge in [-0.25, -0.2) is 4.98 Å². The van der Waals surface area contributed by atoms with Gasteiger partial charge in [0.1, 0.15) is 11.9 Å². The molecule has 2 unspecified atom stereocenters. The summed E-state index contributed by atoms with van der Waals surface area (Å²) in [5.74, 6) is 0.313. The van der Waals surface area contributed by atoms with E-state index in [1.54, 1.807) is 0 Å². The number of unbranched alkanes of at least 4 members (excludes halogenated alkanes) is 2. The third kappa shape index (κ3) is 6.14. The molecule has 1 aromatic carbocycles. The van der Waals surface area contributed by atoms with E-state index >= 15 is 0 Å². The molecule has 0 spiro atoms. The number of benzene rings is 1. The van der Waals surface area contributed by atoms with Crippen molar-refractivity contribution >= 4 is 17.5 Å². The second kappa shape index (κ2) is 11.9. The van der Waals surface area contributed by atoms with Gasteiger partial charge in [0.05, 0.1) is 0 Å². The first-order valence-corrected chi connectivity index (χ1v) is 13.1. The Morgan fingerprint density at radius 2 is 2.14 bits per heavy atom. The highest BCUT2D eigenvalue weighted by atomic mass is 16.4. The van der Waals surface area contributed by atoms with Crippen molar-refractivity contribution in [2.45, 2.75) is 64.0 Å². The highest BCUT2D eigenvalue weighted by Gasteiger charge is 2.36. The van der Waals surface area contributed by atoms with E-state index in [1.807, 2.05) is 32.2 Å². The molecule has 2 aliphatic rings. The summed E-state index contributed by atoms with van der Waals surface area (Å²) in [4.78, 5) is 21.7. The van der Waals surface area contributed by atoms with Crippen molar-refractivity contribution in [3.63, 3.8) is 0 Å². The van der Waals surface area contributed by atoms with Crippen LogP contribution in [0.15, 0.2) is 30.3 Å². The zero-order valence-corrected chi connectivity index (χ0v) is 21.5. The summed E-state index contributed by atoms with van der Waals surface area (Å²) in [5.41, 5.74) is 5.40. The Morgan fingerprint density at radius 1 is 1.29 bits per heavy atom. The van der Waals surface area contributed by atoms with Crippen LogP contribution >= 0.6 is 0 Å². The Morgan fingerprint density at radius 3 is 2.94 bits per heavy atom. The lowest BCUT2D eigenvalue weighted by Crippen LogP contribution is -2.38. The van der Waals surface area contributed by atoms with E-state index in [4.69, 9.17) is 4.98 Å². The lowest BCUT2D eigenvalue weighted by atomic mass is 10.00. The van der Waals surface area contributed by atoms with Crippen LogP contribution in [0, 0.1) is 6.92 Å². The zero-order chi connectivity index (χ0) is 24.8. The fourth-order valence-corrected chi connectivity index (χ4v) is 5.64. The molecule has 0 amide bonds. The second-order valence-corrected chi connectivity index (χ2v) is 10.1. The predicted octanol–water partition coefficient (Wildman–Crippen LogP) is 4.33. The van der Waals surface area contributed by atoms with Gasteiger partial charge in [-0.2, -0.15) is 0 Å². The molecule has 1 fully saturated rings. The Labute approximate surface area is 209 Å². The number of hydrogen-bond donors (Lipinski definition) is 3. The maximum absolute atomic E-state index is 12.3. The number of nitrogens with zero attached hydrogens (tertiary/aromatic N) is 3. The third-order valence-electron chi connectivity index (χ3n) is 7.66. The number of carboxylic acid groups (broad SMARTS) is 1. The molecule has 4 rings (SSSR count). The molecule has 3 heterocycles. The van der Waals surface area contributed by atoms with Crippen LogP contribution in [0.5, 0.6) is 0 Å². The number of carboxylic acids is 1. The van der Waals surface area contributed by atoms with Crippen molar-refractivity contribution in [1.82, 2.24) is 14.8 Å². The van der Waals surface area contributed by atoms with Crippen LogP contribution in [0.2, 0.25) is 0 Å². The van der Waals surface area contributed by atoms with Crippen LogP contribution in [-0.2, 0) is 17.6 Å². The number of para-hydroxylation sites is 1.